The molecule has 0 radical (unpaired) electrons. The molecule has 1 aliphatic heterocycles. The second kappa shape index (κ2) is 8.29. The van der Waals surface area contributed by atoms with Crippen molar-refractivity contribution in [3.05, 3.63) is 74.6 Å². The monoisotopic (exact) mass is 409 g/mol. The van der Waals surface area contributed by atoms with Crippen LogP contribution in [0, 0.1) is 10.1 Å². The van der Waals surface area contributed by atoms with Gasteiger partial charge in [-0.3, -0.25) is 19.7 Å². The van der Waals surface area contributed by atoms with Gasteiger partial charge in [-0.15, -0.1) is 9.89 Å². The van der Waals surface area contributed by atoms with Crippen LogP contribution in [0.4, 0.5) is 11.5 Å². The smallest absolute Gasteiger partial charge is 0.294 e. The van der Waals surface area contributed by atoms with Crippen LogP contribution in [0.1, 0.15) is 5.56 Å². The predicted molar refractivity (Wildman–Crippen MR) is 110 cm³/mol. The topological polar surface area (TPSA) is 120 Å². The van der Waals surface area contributed by atoms with Crippen LogP contribution < -0.4 is 15.9 Å². The molecule has 1 fully saturated rings. The Balaban J connectivity index is 1.67. The van der Waals surface area contributed by atoms with Gasteiger partial charge in [0.2, 0.25) is 5.91 Å². The third-order valence-electron chi connectivity index (χ3n) is 4.87. The molecule has 0 aliphatic carbocycles. The highest BCUT2D eigenvalue weighted by atomic mass is 16.6. The Morgan fingerprint density at radius 3 is 2.50 bits per heavy atom. The van der Waals surface area contributed by atoms with E-state index < -0.39 is 16.4 Å². The quantitative estimate of drug-likeness (QED) is 0.500. The number of carbonyl (C=O) groups excluding carboxylic acids is 1. The zero-order chi connectivity index (χ0) is 21.1. The van der Waals surface area contributed by atoms with Crippen LogP contribution in [0.25, 0.3) is 10.8 Å². The molecule has 2 aromatic carbocycles. The number of amides is 1. The number of benzene rings is 2. The lowest BCUT2D eigenvalue weighted by Gasteiger charge is -2.29. The number of nitro benzene ring substituents is 1. The molecule has 2 heterocycles. The molecule has 4 rings (SSSR count). The molecule has 1 N–H and O–H groups in total. The number of nitrogens with zero attached hydrogens (tertiary/aromatic N) is 4. The van der Waals surface area contributed by atoms with Gasteiger partial charge in [0.15, 0.2) is 5.82 Å². The van der Waals surface area contributed by atoms with E-state index in [1.807, 2.05) is 17.0 Å². The average molecular weight is 409 g/mol. The van der Waals surface area contributed by atoms with Gasteiger partial charge in [-0.05, 0) is 6.07 Å². The molecule has 10 nitrogen and oxygen atoms in total. The van der Waals surface area contributed by atoms with Crippen LogP contribution in [0.15, 0.2) is 53.3 Å². The number of ether oxygens (including phenoxy) is 1. The van der Waals surface area contributed by atoms with Crippen molar-refractivity contribution in [2.75, 3.05) is 36.6 Å². The fourth-order valence-corrected chi connectivity index (χ4v) is 3.43. The molecular formula is C20H19N5O5. The second-order valence-electron chi connectivity index (χ2n) is 6.78. The minimum absolute atomic E-state index is 0.152. The molecule has 0 spiro atoms. The van der Waals surface area contributed by atoms with E-state index in [0.29, 0.717) is 42.9 Å². The Morgan fingerprint density at radius 1 is 1.10 bits per heavy atom. The van der Waals surface area contributed by atoms with Crippen molar-refractivity contribution >= 4 is 28.2 Å². The lowest BCUT2D eigenvalue weighted by atomic mass is 10.1. The summed E-state index contributed by atoms with van der Waals surface area (Å²) in [6.45, 7) is 2.30. The number of nitrogens with one attached hydrogen (secondary N) is 1. The van der Waals surface area contributed by atoms with Crippen LogP contribution in [0.2, 0.25) is 0 Å². The van der Waals surface area contributed by atoms with E-state index in [0.717, 1.165) is 4.79 Å². The maximum absolute atomic E-state index is 12.9. The summed E-state index contributed by atoms with van der Waals surface area (Å²) >= 11 is 0. The van der Waals surface area contributed by atoms with Gasteiger partial charge in [0.25, 0.3) is 11.2 Å². The molecule has 0 bridgehead atoms. The fourth-order valence-electron chi connectivity index (χ4n) is 3.43. The van der Waals surface area contributed by atoms with Gasteiger partial charge in [0.05, 0.1) is 29.9 Å². The highest BCUT2D eigenvalue weighted by Gasteiger charge is 2.20. The molecular weight excluding hydrogens is 390 g/mol. The average Bonchev–Trinajstić information content (AvgIpc) is 2.76. The number of rotatable bonds is 5. The van der Waals surface area contributed by atoms with E-state index in [1.165, 1.54) is 18.2 Å². The summed E-state index contributed by atoms with van der Waals surface area (Å²) in [5.74, 6) is -0.0124. The Kier molecular flexibility index (Phi) is 5.40. The van der Waals surface area contributed by atoms with Gasteiger partial charge in [0, 0.05) is 30.1 Å². The summed E-state index contributed by atoms with van der Waals surface area (Å²) in [6, 6.07) is 13.0. The molecule has 154 valence electrons. The van der Waals surface area contributed by atoms with Crippen molar-refractivity contribution in [2.45, 2.75) is 6.42 Å². The number of aromatic nitrogens is 2. The Bertz CT molecular complexity index is 1170. The maximum Gasteiger partial charge on any atom is 0.294 e. The molecule has 0 unspecified atom stereocenters. The Morgan fingerprint density at radius 2 is 1.77 bits per heavy atom. The highest BCUT2D eigenvalue weighted by Crippen LogP contribution is 2.22. The molecule has 1 amide bonds. The van der Waals surface area contributed by atoms with Gasteiger partial charge in [0.1, 0.15) is 0 Å². The van der Waals surface area contributed by atoms with Gasteiger partial charge in [-0.2, -0.15) is 0 Å². The summed E-state index contributed by atoms with van der Waals surface area (Å²) in [5.41, 5.74) is 2.10. The number of fused-ring (bicyclic) bond motifs is 1. The number of hydrogen-bond acceptors (Lipinski definition) is 7. The maximum atomic E-state index is 12.9. The van der Waals surface area contributed by atoms with E-state index in [2.05, 4.69) is 10.5 Å². The van der Waals surface area contributed by atoms with Crippen LogP contribution in [0.3, 0.4) is 0 Å². The number of anilines is 1. The minimum atomic E-state index is -0.581. The number of hydrogen-bond donors (Lipinski definition) is 1. The minimum Gasteiger partial charge on any atom is -0.378 e. The molecule has 10 heteroatoms. The van der Waals surface area contributed by atoms with E-state index >= 15 is 0 Å². The number of carbonyl (C=O) groups is 1. The summed E-state index contributed by atoms with van der Waals surface area (Å²) in [7, 11) is 0. The Labute approximate surface area is 170 Å². The predicted octanol–water partition coefficient (Wildman–Crippen LogP) is 1.45. The van der Waals surface area contributed by atoms with E-state index in [1.54, 1.807) is 18.2 Å². The van der Waals surface area contributed by atoms with Crippen molar-refractivity contribution in [1.82, 2.24) is 9.89 Å². The lowest BCUT2D eigenvalue weighted by Crippen LogP contribution is -2.41. The van der Waals surface area contributed by atoms with Crippen molar-refractivity contribution in [3.63, 3.8) is 0 Å². The largest absolute Gasteiger partial charge is 0.378 e. The first-order chi connectivity index (χ1) is 14.5. The first kappa shape index (κ1) is 19.5. The molecule has 3 aromatic rings. The normalized spacial score (nSPS) is 13.9. The first-order valence-electron chi connectivity index (χ1n) is 9.41. The van der Waals surface area contributed by atoms with Gasteiger partial charge in [-0.1, -0.05) is 36.4 Å². The molecule has 1 saturated heterocycles. The Hall–Kier alpha value is -3.79. The number of para-hydroxylation sites is 1. The molecule has 1 aromatic heterocycles. The van der Waals surface area contributed by atoms with Crippen molar-refractivity contribution < 1.29 is 14.5 Å². The highest BCUT2D eigenvalue weighted by molar-refractivity contribution is 5.92. The number of nitro groups is 1. The van der Waals surface area contributed by atoms with Gasteiger partial charge >= 0.3 is 0 Å². The van der Waals surface area contributed by atoms with Crippen LogP contribution in [-0.4, -0.2) is 47.0 Å². The SMILES string of the molecule is O=C(Cc1ccccc1[N+](=O)[O-])Nn1nc(N2CCOCC2)c2ccccc2c1=O. The first-order valence-corrected chi connectivity index (χ1v) is 9.41. The molecule has 0 saturated carbocycles. The third kappa shape index (κ3) is 3.85. The lowest BCUT2D eigenvalue weighted by molar-refractivity contribution is -0.385. The van der Waals surface area contributed by atoms with E-state index in [4.69, 9.17) is 4.74 Å². The third-order valence-corrected chi connectivity index (χ3v) is 4.87. The van der Waals surface area contributed by atoms with Crippen LogP contribution in [0.5, 0.6) is 0 Å². The van der Waals surface area contributed by atoms with Gasteiger partial charge in [-0.25, -0.2) is 5.43 Å². The molecule has 1 aliphatic rings. The zero-order valence-electron chi connectivity index (χ0n) is 16.0. The van der Waals surface area contributed by atoms with Crippen molar-refractivity contribution in [3.8, 4) is 0 Å². The summed E-state index contributed by atoms with van der Waals surface area (Å²) in [4.78, 5) is 39.0. The van der Waals surface area contributed by atoms with Crippen LogP contribution in [-0.2, 0) is 16.0 Å². The van der Waals surface area contributed by atoms with E-state index in [-0.39, 0.29) is 17.7 Å². The second-order valence-corrected chi connectivity index (χ2v) is 6.78. The fraction of sp³-hybridized carbons (Fsp3) is 0.250. The molecule has 0 atom stereocenters. The summed E-state index contributed by atoms with van der Waals surface area (Å²) in [6.07, 6.45) is -0.259. The summed E-state index contributed by atoms with van der Waals surface area (Å²) in [5, 5.41) is 16.6. The van der Waals surface area contributed by atoms with Crippen molar-refractivity contribution in [1.29, 1.82) is 0 Å². The summed E-state index contributed by atoms with van der Waals surface area (Å²) < 4.78 is 5.39. The van der Waals surface area contributed by atoms with Crippen molar-refractivity contribution in [2.24, 2.45) is 0 Å². The molecule has 30 heavy (non-hydrogen) atoms. The number of morpholine rings is 1. The van der Waals surface area contributed by atoms with Gasteiger partial charge < -0.3 is 9.64 Å². The standard InChI is InChI=1S/C20H19N5O5/c26-18(13-14-5-1-4-8-17(14)25(28)29)21-24-20(27)16-7-3-2-6-15(16)19(22-24)23-9-11-30-12-10-23/h1-8H,9-13H2,(H,21,26). The zero-order valence-corrected chi connectivity index (χ0v) is 16.0. The van der Waals surface area contributed by atoms with E-state index in [9.17, 15) is 19.7 Å². The van der Waals surface area contributed by atoms with Crippen LogP contribution >= 0.6 is 0 Å².